The van der Waals surface area contributed by atoms with Gasteiger partial charge in [0.1, 0.15) is 5.69 Å². The van der Waals surface area contributed by atoms with E-state index in [2.05, 4.69) is 38.7 Å². The van der Waals surface area contributed by atoms with Gasteiger partial charge >= 0.3 is 0 Å². The Hall–Kier alpha value is -2.97. The van der Waals surface area contributed by atoms with E-state index in [0.29, 0.717) is 36.5 Å². The van der Waals surface area contributed by atoms with Crippen molar-refractivity contribution in [3.63, 3.8) is 0 Å². The first-order chi connectivity index (χ1) is 14.9. The SMILES string of the molecule is C[C@H](NC(=O)c1cnc2c(c1)NC(=O)C1(CC1)O2)[C@@H](O)CN1CCc2ccccc2C1. The molecule has 0 bridgehead atoms. The van der Waals surface area contributed by atoms with Crippen LogP contribution in [0.3, 0.4) is 0 Å². The van der Waals surface area contributed by atoms with Crippen LogP contribution in [0.4, 0.5) is 5.69 Å². The Balaban J connectivity index is 1.19. The number of rotatable bonds is 5. The van der Waals surface area contributed by atoms with Gasteiger partial charge < -0.3 is 20.5 Å². The van der Waals surface area contributed by atoms with Crippen molar-refractivity contribution < 1.29 is 19.4 Å². The molecule has 0 saturated heterocycles. The second-order valence-corrected chi connectivity index (χ2v) is 8.71. The number of nitrogens with one attached hydrogen (secondary N) is 2. The molecule has 31 heavy (non-hydrogen) atoms. The lowest BCUT2D eigenvalue weighted by Gasteiger charge is -2.32. The molecule has 8 heteroatoms. The molecule has 2 aromatic rings. The molecule has 1 aromatic heterocycles. The maximum absolute atomic E-state index is 12.7. The highest BCUT2D eigenvalue weighted by Gasteiger charge is 2.55. The molecule has 162 valence electrons. The molecule has 2 amide bonds. The molecule has 3 heterocycles. The summed E-state index contributed by atoms with van der Waals surface area (Å²) in [5, 5.41) is 16.3. The van der Waals surface area contributed by atoms with E-state index in [-0.39, 0.29) is 11.8 Å². The lowest BCUT2D eigenvalue weighted by molar-refractivity contribution is -0.125. The summed E-state index contributed by atoms with van der Waals surface area (Å²) in [7, 11) is 0. The first-order valence-corrected chi connectivity index (χ1v) is 10.7. The van der Waals surface area contributed by atoms with Crippen LogP contribution in [-0.4, -0.2) is 57.6 Å². The van der Waals surface area contributed by atoms with Gasteiger partial charge in [0.25, 0.3) is 11.8 Å². The predicted octanol–water partition coefficient (Wildman–Crippen LogP) is 1.48. The number of amides is 2. The molecule has 1 aliphatic carbocycles. The summed E-state index contributed by atoms with van der Waals surface area (Å²) in [4.78, 5) is 31.3. The van der Waals surface area contributed by atoms with Crippen LogP contribution in [-0.2, 0) is 17.8 Å². The minimum atomic E-state index is -0.767. The zero-order valence-electron chi connectivity index (χ0n) is 17.4. The van der Waals surface area contributed by atoms with Crippen molar-refractivity contribution in [1.29, 1.82) is 0 Å². The van der Waals surface area contributed by atoms with E-state index in [0.717, 1.165) is 19.5 Å². The number of hydrogen-bond acceptors (Lipinski definition) is 6. The molecule has 1 fully saturated rings. The topological polar surface area (TPSA) is 104 Å². The first-order valence-electron chi connectivity index (χ1n) is 10.7. The van der Waals surface area contributed by atoms with Crippen molar-refractivity contribution in [2.45, 2.75) is 50.5 Å². The van der Waals surface area contributed by atoms with Crippen LogP contribution < -0.4 is 15.4 Å². The molecule has 1 spiro atoms. The molecular formula is C23H26N4O4. The summed E-state index contributed by atoms with van der Waals surface area (Å²) >= 11 is 0. The Bertz CT molecular complexity index is 1040. The Morgan fingerprint density at radius 2 is 2.13 bits per heavy atom. The van der Waals surface area contributed by atoms with Gasteiger partial charge in [-0.1, -0.05) is 24.3 Å². The summed E-state index contributed by atoms with van der Waals surface area (Å²) in [5.41, 5.74) is 2.58. The number of fused-ring (bicyclic) bond motifs is 2. The average molecular weight is 422 g/mol. The third-order valence-electron chi connectivity index (χ3n) is 6.36. The Morgan fingerprint density at radius 1 is 1.35 bits per heavy atom. The van der Waals surface area contributed by atoms with Crippen LogP contribution in [0.25, 0.3) is 0 Å². The van der Waals surface area contributed by atoms with Crippen molar-refractivity contribution in [2.75, 3.05) is 18.4 Å². The number of carbonyl (C=O) groups is 2. The fourth-order valence-corrected chi connectivity index (χ4v) is 4.18. The largest absolute Gasteiger partial charge is 0.459 e. The molecule has 2 aliphatic heterocycles. The van der Waals surface area contributed by atoms with E-state index in [1.165, 1.54) is 17.3 Å². The predicted molar refractivity (Wildman–Crippen MR) is 114 cm³/mol. The van der Waals surface area contributed by atoms with Gasteiger partial charge in [0.05, 0.1) is 17.7 Å². The van der Waals surface area contributed by atoms with E-state index in [4.69, 9.17) is 4.74 Å². The zero-order chi connectivity index (χ0) is 21.6. The van der Waals surface area contributed by atoms with Gasteiger partial charge in [0.2, 0.25) is 5.88 Å². The van der Waals surface area contributed by atoms with E-state index in [1.54, 1.807) is 13.0 Å². The molecule has 0 radical (unpaired) electrons. The first kappa shape index (κ1) is 20.0. The number of benzene rings is 1. The smallest absolute Gasteiger partial charge is 0.268 e. The summed E-state index contributed by atoms with van der Waals surface area (Å²) in [6.07, 6.45) is 3.04. The molecule has 1 aromatic carbocycles. The van der Waals surface area contributed by atoms with Gasteiger partial charge in [0.15, 0.2) is 5.60 Å². The summed E-state index contributed by atoms with van der Waals surface area (Å²) in [6, 6.07) is 9.48. The Morgan fingerprint density at radius 3 is 2.90 bits per heavy atom. The number of aliphatic hydroxyl groups is 1. The number of β-amino-alcohol motifs (C(OH)–C–C–N with tert-alkyl or cyclic N) is 1. The molecular weight excluding hydrogens is 396 g/mol. The maximum atomic E-state index is 12.7. The number of aromatic nitrogens is 1. The molecule has 2 atom stereocenters. The number of anilines is 1. The number of nitrogens with zero attached hydrogens (tertiary/aromatic N) is 2. The highest BCUT2D eigenvalue weighted by molar-refractivity contribution is 6.03. The molecule has 3 aliphatic rings. The second kappa shape index (κ2) is 7.62. The fourth-order valence-electron chi connectivity index (χ4n) is 4.18. The summed E-state index contributed by atoms with van der Waals surface area (Å²) in [6.45, 7) is 3.94. The second-order valence-electron chi connectivity index (χ2n) is 8.71. The monoisotopic (exact) mass is 422 g/mol. The van der Waals surface area contributed by atoms with E-state index in [9.17, 15) is 14.7 Å². The quantitative estimate of drug-likeness (QED) is 0.675. The fraction of sp³-hybridized carbons (Fsp3) is 0.435. The van der Waals surface area contributed by atoms with E-state index in [1.807, 2.05) is 6.07 Å². The Labute approximate surface area is 180 Å². The minimum absolute atomic E-state index is 0.189. The van der Waals surface area contributed by atoms with Crippen LogP contribution in [0.1, 0.15) is 41.3 Å². The van der Waals surface area contributed by atoms with Crippen molar-refractivity contribution in [3.8, 4) is 5.88 Å². The number of ether oxygens (including phenoxy) is 1. The summed E-state index contributed by atoms with van der Waals surface area (Å²) < 4.78 is 5.71. The van der Waals surface area contributed by atoms with E-state index >= 15 is 0 Å². The zero-order valence-corrected chi connectivity index (χ0v) is 17.4. The van der Waals surface area contributed by atoms with Crippen molar-refractivity contribution >= 4 is 17.5 Å². The molecule has 1 saturated carbocycles. The standard InChI is InChI=1S/C23H26N4O4/c1-14(19(28)13-27-9-6-15-4-2-3-5-16(15)12-27)25-20(29)17-10-18-21(24-11-17)31-23(7-8-23)22(30)26-18/h2-5,10-11,14,19,28H,6-9,12-13H2,1H3,(H,25,29)(H,26,30)/t14-,19-/m0/s1. The lowest BCUT2D eigenvalue weighted by Crippen LogP contribution is -2.47. The number of pyridine rings is 1. The van der Waals surface area contributed by atoms with Crippen molar-refractivity contribution in [2.24, 2.45) is 0 Å². The maximum Gasteiger partial charge on any atom is 0.268 e. The molecule has 5 rings (SSSR count). The third kappa shape index (κ3) is 3.88. The van der Waals surface area contributed by atoms with Crippen LogP contribution in [0.2, 0.25) is 0 Å². The lowest BCUT2D eigenvalue weighted by atomic mass is 9.99. The van der Waals surface area contributed by atoms with Crippen molar-refractivity contribution in [3.05, 3.63) is 53.2 Å². The minimum Gasteiger partial charge on any atom is -0.459 e. The van der Waals surface area contributed by atoms with E-state index < -0.39 is 17.7 Å². The summed E-state index contributed by atoms with van der Waals surface area (Å²) in [5.74, 6) is -0.204. The number of carbonyl (C=O) groups excluding carboxylic acids is 2. The average Bonchev–Trinajstić information content (AvgIpc) is 3.54. The van der Waals surface area contributed by atoms with Gasteiger partial charge in [-0.2, -0.15) is 0 Å². The van der Waals surface area contributed by atoms with Gasteiger partial charge in [-0.3, -0.25) is 14.5 Å². The number of hydrogen-bond donors (Lipinski definition) is 3. The highest BCUT2D eigenvalue weighted by Crippen LogP contribution is 2.45. The van der Waals surface area contributed by atoms with Crippen LogP contribution >= 0.6 is 0 Å². The Kier molecular flexibility index (Phi) is 4.91. The highest BCUT2D eigenvalue weighted by atomic mass is 16.5. The van der Waals surface area contributed by atoms with Gasteiger partial charge in [-0.15, -0.1) is 0 Å². The van der Waals surface area contributed by atoms with Gasteiger partial charge in [-0.05, 0) is 30.5 Å². The van der Waals surface area contributed by atoms with Crippen LogP contribution in [0, 0.1) is 0 Å². The van der Waals surface area contributed by atoms with Crippen LogP contribution in [0.15, 0.2) is 36.5 Å². The molecule has 3 N–H and O–H groups in total. The van der Waals surface area contributed by atoms with Crippen molar-refractivity contribution in [1.82, 2.24) is 15.2 Å². The molecule has 8 nitrogen and oxygen atoms in total. The third-order valence-corrected chi connectivity index (χ3v) is 6.36. The molecule has 0 unspecified atom stereocenters. The normalized spacial score (nSPS) is 20.6. The number of aliphatic hydroxyl groups excluding tert-OH is 1. The van der Waals surface area contributed by atoms with Gasteiger partial charge in [-0.25, -0.2) is 4.98 Å². The van der Waals surface area contributed by atoms with Crippen LogP contribution in [0.5, 0.6) is 5.88 Å². The van der Waals surface area contributed by atoms with Gasteiger partial charge in [0, 0.05) is 38.7 Å².